The van der Waals surface area contributed by atoms with Crippen molar-refractivity contribution in [3.63, 3.8) is 0 Å². The summed E-state index contributed by atoms with van der Waals surface area (Å²) in [4.78, 5) is 12.7. The van der Waals surface area contributed by atoms with Crippen LogP contribution in [0.5, 0.6) is 0 Å². The number of fused-ring (bicyclic) bond motifs is 1. The molecule has 3 rings (SSSR count). The molecule has 0 aliphatic rings. The maximum absolute atomic E-state index is 12.3. The molecule has 6 heteroatoms. The van der Waals surface area contributed by atoms with Gasteiger partial charge in [-0.15, -0.1) is 11.3 Å². The SMILES string of the molecule is C/C(=N\NC(=O)c1sc2cc(C)ccc2c1Cl)c1ccco1. The van der Waals surface area contributed by atoms with E-state index in [9.17, 15) is 4.79 Å². The van der Waals surface area contributed by atoms with Crippen LogP contribution >= 0.6 is 22.9 Å². The molecule has 22 heavy (non-hydrogen) atoms. The van der Waals surface area contributed by atoms with E-state index in [1.165, 1.54) is 11.3 Å². The number of hydrogen-bond donors (Lipinski definition) is 1. The first-order valence-electron chi connectivity index (χ1n) is 6.63. The zero-order valence-electron chi connectivity index (χ0n) is 12.0. The third-order valence-electron chi connectivity index (χ3n) is 3.19. The molecule has 1 N–H and O–H groups in total. The number of hydrogen-bond acceptors (Lipinski definition) is 4. The van der Waals surface area contributed by atoms with Gasteiger partial charge >= 0.3 is 0 Å². The van der Waals surface area contributed by atoms with Crippen LogP contribution in [0.2, 0.25) is 5.02 Å². The Balaban J connectivity index is 1.86. The number of amides is 1. The summed E-state index contributed by atoms with van der Waals surface area (Å²) >= 11 is 7.66. The molecular formula is C16H13ClN2O2S. The Kier molecular flexibility index (Phi) is 4.00. The number of carbonyl (C=O) groups excluding carboxylic acids is 1. The predicted molar refractivity (Wildman–Crippen MR) is 90.0 cm³/mol. The maximum atomic E-state index is 12.3. The minimum atomic E-state index is -0.324. The van der Waals surface area contributed by atoms with Crippen LogP contribution < -0.4 is 5.43 Å². The molecular weight excluding hydrogens is 320 g/mol. The number of rotatable bonds is 3. The normalized spacial score (nSPS) is 11.9. The third kappa shape index (κ3) is 2.77. The lowest BCUT2D eigenvalue weighted by Crippen LogP contribution is -2.18. The molecule has 2 heterocycles. The average molecular weight is 333 g/mol. The van der Waals surface area contributed by atoms with Gasteiger partial charge in [0.15, 0.2) is 0 Å². The van der Waals surface area contributed by atoms with Gasteiger partial charge in [-0.05, 0) is 37.6 Å². The highest BCUT2D eigenvalue weighted by Gasteiger charge is 2.17. The van der Waals surface area contributed by atoms with E-state index in [1.54, 1.807) is 25.3 Å². The van der Waals surface area contributed by atoms with Crippen LogP contribution in [0.15, 0.2) is 46.1 Å². The second-order valence-corrected chi connectivity index (χ2v) is 6.29. The monoisotopic (exact) mass is 332 g/mol. The number of benzene rings is 1. The second kappa shape index (κ2) is 5.94. The molecule has 1 amide bonds. The molecule has 2 aromatic heterocycles. The second-order valence-electron chi connectivity index (χ2n) is 4.86. The minimum absolute atomic E-state index is 0.324. The molecule has 112 valence electrons. The van der Waals surface area contributed by atoms with Crippen molar-refractivity contribution in [3.8, 4) is 0 Å². The van der Waals surface area contributed by atoms with E-state index in [0.29, 0.717) is 21.4 Å². The van der Waals surface area contributed by atoms with Gasteiger partial charge in [0.05, 0.1) is 11.3 Å². The molecule has 3 aromatic rings. The van der Waals surface area contributed by atoms with Gasteiger partial charge in [-0.25, -0.2) is 5.43 Å². The van der Waals surface area contributed by atoms with Crippen LogP contribution in [0.25, 0.3) is 10.1 Å². The van der Waals surface area contributed by atoms with Crippen molar-refractivity contribution in [2.75, 3.05) is 0 Å². The van der Waals surface area contributed by atoms with E-state index >= 15 is 0 Å². The molecule has 0 aliphatic carbocycles. The molecule has 4 nitrogen and oxygen atoms in total. The molecule has 1 aromatic carbocycles. The molecule has 0 radical (unpaired) electrons. The van der Waals surface area contributed by atoms with Crippen LogP contribution in [0.4, 0.5) is 0 Å². The Morgan fingerprint density at radius 2 is 2.18 bits per heavy atom. The number of nitrogens with zero attached hydrogens (tertiary/aromatic N) is 1. The summed E-state index contributed by atoms with van der Waals surface area (Å²) in [6.07, 6.45) is 1.56. The van der Waals surface area contributed by atoms with Gasteiger partial charge in [0.2, 0.25) is 0 Å². The zero-order valence-corrected chi connectivity index (χ0v) is 13.6. The highest BCUT2D eigenvalue weighted by Crippen LogP contribution is 2.35. The van der Waals surface area contributed by atoms with E-state index in [0.717, 1.165) is 15.6 Å². The molecule has 0 saturated heterocycles. The first-order chi connectivity index (χ1) is 10.6. The Morgan fingerprint density at radius 1 is 1.36 bits per heavy atom. The quantitative estimate of drug-likeness (QED) is 0.562. The number of nitrogens with one attached hydrogen (secondary N) is 1. The van der Waals surface area contributed by atoms with Gasteiger partial charge in [0, 0.05) is 10.1 Å². The molecule has 0 saturated carbocycles. The number of aryl methyl sites for hydroxylation is 1. The highest BCUT2D eigenvalue weighted by molar-refractivity contribution is 7.21. The van der Waals surface area contributed by atoms with Crippen molar-refractivity contribution >= 4 is 44.6 Å². The Labute approximate surface area is 136 Å². The Morgan fingerprint density at radius 3 is 2.91 bits per heavy atom. The van der Waals surface area contributed by atoms with Crippen molar-refractivity contribution in [1.29, 1.82) is 0 Å². The van der Waals surface area contributed by atoms with Crippen LogP contribution in [-0.2, 0) is 0 Å². The zero-order chi connectivity index (χ0) is 15.7. The fourth-order valence-corrected chi connectivity index (χ4v) is 3.55. The maximum Gasteiger partial charge on any atom is 0.283 e. The summed E-state index contributed by atoms with van der Waals surface area (Å²) in [5, 5.41) is 5.39. The third-order valence-corrected chi connectivity index (χ3v) is 4.85. The van der Waals surface area contributed by atoms with Crippen LogP contribution in [0.3, 0.4) is 0 Å². The summed E-state index contributed by atoms with van der Waals surface area (Å²) in [7, 11) is 0. The summed E-state index contributed by atoms with van der Waals surface area (Å²) in [6, 6.07) is 9.46. The van der Waals surface area contributed by atoms with Crippen molar-refractivity contribution in [2.45, 2.75) is 13.8 Å². The molecule has 0 atom stereocenters. The van der Waals surface area contributed by atoms with Crippen molar-refractivity contribution in [3.05, 3.63) is 57.8 Å². The summed E-state index contributed by atoms with van der Waals surface area (Å²) < 4.78 is 6.20. The van der Waals surface area contributed by atoms with E-state index in [-0.39, 0.29) is 5.91 Å². The van der Waals surface area contributed by atoms with E-state index < -0.39 is 0 Å². The van der Waals surface area contributed by atoms with Gasteiger partial charge in [0.25, 0.3) is 5.91 Å². The lowest BCUT2D eigenvalue weighted by atomic mass is 10.2. The first-order valence-corrected chi connectivity index (χ1v) is 7.83. The number of halogens is 1. The van der Waals surface area contributed by atoms with Crippen LogP contribution in [0, 0.1) is 6.92 Å². The van der Waals surface area contributed by atoms with Gasteiger partial charge in [-0.1, -0.05) is 23.7 Å². The van der Waals surface area contributed by atoms with Crippen molar-refractivity contribution in [1.82, 2.24) is 5.43 Å². The smallest absolute Gasteiger partial charge is 0.283 e. The van der Waals surface area contributed by atoms with Crippen LogP contribution in [0.1, 0.15) is 27.9 Å². The summed E-state index contributed by atoms with van der Waals surface area (Å²) in [5.41, 5.74) is 4.24. The first kappa shape index (κ1) is 14.8. The molecule has 0 spiro atoms. The Hall–Kier alpha value is -2.11. The largest absolute Gasteiger partial charge is 0.463 e. The van der Waals surface area contributed by atoms with E-state index in [2.05, 4.69) is 10.5 Å². The van der Waals surface area contributed by atoms with Gasteiger partial charge in [-0.3, -0.25) is 4.79 Å². The number of thiophene rings is 1. The average Bonchev–Trinajstić information content (AvgIpc) is 3.13. The summed E-state index contributed by atoms with van der Waals surface area (Å²) in [5.74, 6) is 0.285. The molecule has 0 aliphatic heterocycles. The summed E-state index contributed by atoms with van der Waals surface area (Å²) in [6.45, 7) is 3.76. The number of furan rings is 1. The highest BCUT2D eigenvalue weighted by atomic mass is 35.5. The standard InChI is InChI=1S/C16H13ClN2O2S/c1-9-5-6-11-13(8-9)22-15(14(11)17)16(20)19-18-10(2)12-4-3-7-21-12/h3-8H,1-2H3,(H,19,20)/b18-10+. The van der Waals surface area contributed by atoms with Gasteiger partial charge < -0.3 is 4.42 Å². The lowest BCUT2D eigenvalue weighted by molar-refractivity contribution is 0.0959. The van der Waals surface area contributed by atoms with E-state index in [4.69, 9.17) is 16.0 Å². The fourth-order valence-electron chi connectivity index (χ4n) is 2.04. The number of carbonyl (C=O) groups is 1. The fraction of sp³-hybridized carbons (Fsp3) is 0.125. The van der Waals surface area contributed by atoms with Gasteiger partial charge in [0.1, 0.15) is 16.3 Å². The topological polar surface area (TPSA) is 54.6 Å². The van der Waals surface area contributed by atoms with Crippen LogP contribution in [-0.4, -0.2) is 11.6 Å². The Bertz CT molecular complexity index is 866. The minimum Gasteiger partial charge on any atom is -0.463 e. The molecule has 0 fully saturated rings. The lowest BCUT2D eigenvalue weighted by Gasteiger charge is -1.99. The number of hydrazone groups is 1. The van der Waals surface area contributed by atoms with Crippen molar-refractivity contribution < 1.29 is 9.21 Å². The van der Waals surface area contributed by atoms with Crippen molar-refractivity contribution in [2.24, 2.45) is 5.10 Å². The molecule has 0 bridgehead atoms. The van der Waals surface area contributed by atoms with E-state index in [1.807, 2.05) is 25.1 Å². The predicted octanol–water partition coefficient (Wildman–Crippen LogP) is 4.61. The van der Waals surface area contributed by atoms with Gasteiger partial charge in [-0.2, -0.15) is 5.10 Å². The molecule has 0 unspecified atom stereocenters.